The van der Waals surface area contributed by atoms with Crippen LogP contribution in [0.1, 0.15) is 26.3 Å². The minimum absolute atomic E-state index is 0. The fourth-order valence-corrected chi connectivity index (χ4v) is 6.13. The van der Waals surface area contributed by atoms with E-state index in [0.717, 1.165) is 38.6 Å². The van der Waals surface area contributed by atoms with Crippen LogP contribution < -0.4 is 4.74 Å². The number of phenols is 1. The van der Waals surface area contributed by atoms with Crippen LogP contribution in [0.4, 0.5) is 0 Å². The van der Waals surface area contributed by atoms with E-state index >= 15 is 0 Å². The minimum Gasteiger partial charge on any atom is -0.507 e. The fraction of sp³-hybridized carbons (Fsp3) is 0.105. The molecule has 0 amide bonds. The van der Waals surface area contributed by atoms with Gasteiger partial charge < -0.3 is 19.2 Å². The number of rotatable bonds is 4. The summed E-state index contributed by atoms with van der Waals surface area (Å²) in [6.07, 6.45) is 1.87. The largest absolute Gasteiger partial charge is 0.507 e. The smallest absolute Gasteiger partial charge is 0.217 e. The second kappa shape index (κ2) is 10.5. The molecule has 218 valence electrons. The number of benzene rings is 4. The molecule has 0 radical (unpaired) electrons. The third-order valence-corrected chi connectivity index (χ3v) is 8.23. The third-order valence-electron chi connectivity index (χ3n) is 8.23. The van der Waals surface area contributed by atoms with Crippen molar-refractivity contribution in [1.82, 2.24) is 14.4 Å². The molecule has 0 bridgehead atoms. The van der Waals surface area contributed by atoms with Crippen molar-refractivity contribution in [1.29, 1.82) is 0 Å². The SMILES string of the molecule is CC(C)(C)c1ccnc(-c2[c-]c(Oc3cccc(-c4ccccc4O)n3)c3c4cccc5c6ccccc6n(c3c2)c54)c1.[Pt]. The van der Waals surface area contributed by atoms with Crippen molar-refractivity contribution in [2.45, 2.75) is 26.2 Å². The van der Waals surface area contributed by atoms with Crippen molar-refractivity contribution in [3.8, 4) is 39.9 Å². The summed E-state index contributed by atoms with van der Waals surface area (Å²) in [5, 5.41) is 14.9. The van der Waals surface area contributed by atoms with Crippen molar-refractivity contribution >= 4 is 38.1 Å². The van der Waals surface area contributed by atoms with Gasteiger partial charge in [0.05, 0.1) is 22.5 Å². The van der Waals surface area contributed by atoms with Gasteiger partial charge in [0.2, 0.25) is 5.88 Å². The van der Waals surface area contributed by atoms with Gasteiger partial charge in [-0.2, -0.15) is 0 Å². The average Bonchev–Trinajstić information content (AvgIpc) is 3.54. The molecule has 4 aromatic heterocycles. The van der Waals surface area contributed by atoms with Crippen LogP contribution >= 0.6 is 0 Å². The van der Waals surface area contributed by atoms with Crippen LogP contribution in [0.25, 0.3) is 60.6 Å². The predicted octanol–water partition coefficient (Wildman–Crippen LogP) is 9.55. The van der Waals surface area contributed by atoms with Gasteiger partial charge in [-0.3, -0.25) is 0 Å². The number of fused-ring (bicyclic) bond motifs is 6. The van der Waals surface area contributed by atoms with Gasteiger partial charge in [0, 0.05) is 49.7 Å². The topological polar surface area (TPSA) is 59.7 Å². The van der Waals surface area contributed by atoms with Crippen LogP contribution in [-0.2, 0) is 26.5 Å². The number of para-hydroxylation sites is 3. The average molecular weight is 754 g/mol. The van der Waals surface area contributed by atoms with Gasteiger partial charge in [-0.25, -0.2) is 4.98 Å². The van der Waals surface area contributed by atoms with E-state index in [4.69, 9.17) is 14.7 Å². The normalized spacial score (nSPS) is 11.9. The fourth-order valence-electron chi connectivity index (χ4n) is 6.13. The molecule has 0 spiro atoms. The summed E-state index contributed by atoms with van der Waals surface area (Å²) in [7, 11) is 0. The molecule has 0 fully saturated rings. The first-order valence-corrected chi connectivity index (χ1v) is 14.4. The van der Waals surface area contributed by atoms with E-state index in [-0.39, 0.29) is 32.2 Å². The second-order valence-corrected chi connectivity index (χ2v) is 12.0. The number of nitrogens with zero attached hydrogens (tertiary/aromatic N) is 3. The number of pyridine rings is 2. The van der Waals surface area contributed by atoms with E-state index in [0.29, 0.717) is 22.9 Å². The van der Waals surface area contributed by atoms with E-state index in [1.165, 1.54) is 16.3 Å². The molecule has 0 saturated heterocycles. The van der Waals surface area contributed by atoms with Crippen LogP contribution in [0.2, 0.25) is 0 Å². The third kappa shape index (κ3) is 4.42. The monoisotopic (exact) mass is 753 g/mol. The Bertz CT molecular complexity index is 2330. The Morgan fingerprint density at radius 1 is 0.750 bits per heavy atom. The molecule has 0 aliphatic rings. The zero-order valence-electron chi connectivity index (χ0n) is 24.4. The number of hydrogen-bond acceptors (Lipinski definition) is 4. The molecule has 1 N–H and O–H groups in total. The van der Waals surface area contributed by atoms with Crippen LogP contribution in [0.15, 0.2) is 109 Å². The van der Waals surface area contributed by atoms with Crippen molar-refractivity contribution < 1.29 is 30.9 Å². The maximum absolute atomic E-state index is 10.5. The van der Waals surface area contributed by atoms with Gasteiger partial charge in [0.15, 0.2) is 0 Å². The molecule has 44 heavy (non-hydrogen) atoms. The van der Waals surface area contributed by atoms with Gasteiger partial charge in [-0.1, -0.05) is 87.5 Å². The zero-order valence-corrected chi connectivity index (χ0v) is 26.7. The van der Waals surface area contributed by atoms with Crippen molar-refractivity contribution in [3.05, 3.63) is 121 Å². The van der Waals surface area contributed by atoms with Gasteiger partial charge in [-0.05, 0) is 63.3 Å². The van der Waals surface area contributed by atoms with E-state index in [9.17, 15) is 5.11 Å². The Balaban J connectivity index is 0.00000312. The standard InChI is InChI=1S/C38H28N3O2.Pt/c1-38(2,3)24-18-19-39-30(22-24)23-20-32-36(28-13-8-12-26-25-10-4-6-15-31(25)41(32)37(26)28)34(21-23)43-35-17-9-14-29(40-35)27-11-5-7-16-33(27)42;/h4-20,22,42H,1-3H3;/q-1;. The summed E-state index contributed by atoms with van der Waals surface area (Å²) in [6.45, 7) is 6.61. The van der Waals surface area contributed by atoms with Crippen LogP contribution in [0, 0.1) is 6.07 Å². The molecule has 4 heterocycles. The number of phenolic OH excluding ortho intramolecular Hbond substituents is 1. The molecular formula is C38H28N3O2Pt-. The van der Waals surface area contributed by atoms with E-state index in [1.807, 2.05) is 36.5 Å². The van der Waals surface area contributed by atoms with Crippen LogP contribution in [-0.4, -0.2) is 19.5 Å². The molecule has 8 rings (SSSR count). The first-order valence-electron chi connectivity index (χ1n) is 14.4. The number of aromatic hydroxyl groups is 1. The molecule has 0 atom stereocenters. The summed E-state index contributed by atoms with van der Waals surface area (Å²) < 4.78 is 8.97. The molecule has 8 aromatic rings. The van der Waals surface area contributed by atoms with Gasteiger partial charge in [0.25, 0.3) is 0 Å². The molecule has 0 saturated carbocycles. The second-order valence-electron chi connectivity index (χ2n) is 12.0. The zero-order chi connectivity index (χ0) is 29.3. The molecule has 6 heteroatoms. The summed E-state index contributed by atoms with van der Waals surface area (Å²) in [6, 6.07) is 37.7. The van der Waals surface area contributed by atoms with Crippen LogP contribution in [0.5, 0.6) is 17.4 Å². The van der Waals surface area contributed by atoms with Crippen molar-refractivity contribution in [2.24, 2.45) is 0 Å². The summed E-state index contributed by atoms with van der Waals surface area (Å²) in [4.78, 5) is 9.55. The number of aromatic nitrogens is 3. The maximum atomic E-state index is 10.5. The Morgan fingerprint density at radius 2 is 1.50 bits per heavy atom. The molecule has 0 aliphatic heterocycles. The van der Waals surface area contributed by atoms with Crippen LogP contribution in [0.3, 0.4) is 0 Å². The first kappa shape index (κ1) is 28.1. The predicted molar refractivity (Wildman–Crippen MR) is 173 cm³/mol. The Morgan fingerprint density at radius 3 is 2.34 bits per heavy atom. The van der Waals surface area contributed by atoms with E-state index in [1.54, 1.807) is 12.1 Å². The van der Waals surface area contributed by atoms with Gasteiger partial charge in [0.1, 0.15) is 5.75 Å². The quantitative estimate of drug-likeness (QED) is 0.182. The van der Waals surface area contributed by atoms with Crippen molar-refractivity contribution in [3.63, 3.8) is 0 Å². The molecule has 0 unspecified atom stereocenters. The molecule has 5 nitrogen and oxygen atoms in total. The molecule has 4 aromatic carbocycles. The molecule has 0 aliphatic carbocycles. The van der Waals surface area contributed by atoms with Crippen molar-refractivity contribution in [2.75, 3.05) is 0 Å². The minimum atomic E-state index is -0.0276. The number of ether oxygens (including phenoxy) is 1. The Kier molecular flexibility index (Phi) is 6.67. The van der Waals surface area contributed by atoms with Gasteiger partial charge in [-0.15, -0.1) is 11.6 Å². The van der Waals surface area contributed by atoms with E-state index < -0.39 is 0 Å². The van der Waals surface area contributed by atoms with Gasteiger partial charge >= 0.3 is 0 Å². The summed E-state index contributed by atoms with van der Waals surface area (Å²) in [5.41, 5.74) is 7.44. The number of hydrogen-bond donors (Lipinski definition) is 1. The van der Waals surface area contributed by atoms with E-state index in [2.05, 4.69) is 91.9 Å². The molecular weight excluding hydrogens is 726 g/mol. The first-order chi connectivity index (χ1) is 20.9. The summed E-state index contributed by atoms with van der Waals surface area (Å²) in [5.74, 6) is 1.17. The Labute approximate surface area is 269 Å². The Hall–Kier alpha value is -4.73. The summed E-state index contributed by atoms with van der Waals surface area (Å²) >= 11 is 0. The maximum Gasteiger partial charge on any atom is 0.217 e.